The number of fused-ring (bicyclic) bond motifs is 2. The number of hydrogen-bond donors (Lipinski definition) is 0. The zero-order valence-corrected chi connectivity index (χ0v) is 15.3. The second-order valence-electron chi connectivity index (χ2n) is 6.86. The van der Waals surface area contributed by atoms with Crippen LogP contribution < -0.4 is 0 Å². The summed E-state index contributed by atoms with van der Waals surface area (Å²) in [6, 6.07) is 30.5. The molecule has 26 heavy (non-hydrogen) atoms. The van der Waals surface area contributed by atoms with Crippen LogP contribution in [0.4, 0.5) is 0 Å². The van der Waals surface area contributed by atoms with Gasteiger partial charge in [-0.05, 0) is 44.8 Å². The highest BCUT2D eigenvalue weighted by Crippen LogP contribution is 2.38. The Hall–Kier alpha value is -2.29. The lowest BCUT2D eigenvalue weighted by Crippen LogP contribution is -2.20. The Morgan fingerprint density at radius 3 is 1.54 bits per heavy atom. The van der Waals surface area contributed by atoms with Gasteiger partial charge in [0, 0.05) is 11.5 Å². The molecular formula is C24H20OS. The number of thioether (sulfide) groups is 1. The monoisotopic (exact) mass is 356 g/mol. The molecule has 0 radical (unpaired) electrons. The van der Waals surface area contributed by atoms with E-state index in [1.165, 1.54) is 32.7 Å². The lowest BCUT2D eigenvalue weighted by Gasteiger charge is -2.30. The van der Waals surface area contributed by atoms with Crippen LogP contribution >= 0.6 is 11.8 Å². The Labute approximate surface area is 158 Å². The number of hydrogen-bond acceptors (Lipinski definition) is 2. The standard InChI is InChI=1S/C24H20OS/c1-3-7-19-13-21(11-9-17(19)5-1)23-15-26-16-24(25-23)22-12-10-18-6-2-4-8-20(18)14-22/h1-14,23-24H,15-16H2/t23-,24+. The maximum Gasteiger partial charge on any atom is 0.0924 e. The topological polar surface area (TPSA) is 9.23 Å². The first-order chi connectivity index (χ1) is 12.9. The van der Waals surface area contributed by atoms with Crippen molar-refractivity contribution >= 4 is 33.3 Å². The first kappa shape index (κ1) is 15.9. The van der Waals surface area contributed by atoms with E-state index in [9.17, 15) is 0 Å². The van der Waals surface area contributed by atoms with Crippen molar-refractivity contribution in [3.05, 3.63) is 96.1 Å². The van der Waals surface area contributed by atoms with Crippen molar-refractivity contribution in [1.82, 2.24) is 0 Å². The van der Waals surface area contributed by atoms with Crippen LogP contribution in [0.5, 0.6) is 0 Å². The average Bonchev–Trinajstić information content (AvgIpc) is 2.73. The van der Waals surface area contributed by atoms with Gasteiger partial charge in [0.05, 0.1) is 12.2 Å². The third-order valence-electron chi connectivity index (χ3n) is 5.16. The molecule has 0 unspecified atom stereocenters. The molecule has 5 rings (SSSR count). The van der Waals surface area contributed by atoms with Crippen LogP contribution in [0.3, 0.4) is 0 Å². The van der Waals surface area contributed by atoms with Gasteiger partial charge in [-0.25, -0.2) is 0 Å². The van der Waals surface area contributed by atoms with Crippen molar-refractivity contribution in [2.75, 3.05) is 11.5 Å². The molecule has 2 atom stereocenters. The SMILES string of the molecule is c1ccc2cc([C@@H]3CSC[C@H](c4ccc5ccccc5c4)O3)ccc2c1. The van der Waals surface area contributed by atoms with E-state index in [2.05, 4.69) is 84.9 Å². The van der Waals surface area contributed by atoms with Crippen molar-refractivity contribution in [1.29, 1.82) is 0 Å². The van der Waals surface area contributed by atoms with Gasteiger partial charge >= 0.3 is 0 Å². The first-order valence-corrected chi connectivity index (χ1v) is 10.2. The van der Waals surface area contributed by atoms with Gasteiger partial charge in [-0.3, -0.25) is 0 Å². The molecule has 0 saturated carbocycles. The van der Waals surface area contributed by atoms with Crippen molar-refractivity contribution in [2.45, 2.75) is 12.2 Å². The van der Waals surface area contributed by atoms with Crippen molar-refractivity contribution in [3.63, 3.8) is 0 Å². The molecule has 1 fully saturated rings. The maximum absolute atomic E-state index is 6.54. The van der Waals surface area contributed by atoms with E-state index in [0.29, 0.717) is 0 Å². The number of rotatable bonds is 2. The molecular weight excluding hydrogens is 336 g/mol. The van der Waals surface area contributed by atoms with Crippen LogP contribution in [0.25, 0.3) is 21.5 Å². The van der Waals surface area contributed by atoms with E-state index in [1.807, 2.05) is 11.8 Å². The quantitative estimate of drug-likeness (QED) is 0.403. The fraction of sp³-hybridized carbons (Fsp3) is 0.167. The third kappa shape index (κ3) is 3.00. The molecule has 0 bridgehead atoms. The third-order valence-corrected chi connectivity index (χ3v) is 6.23. The Morgan fingerprint density at radius 1 is 0.577 bits per heavy atom. The molecule has 0 spiro atoms. The summed E-state index contributed by atoms with van der Waals surface area (Å²) in [4.78, 5) is 0. The molecule has 2 heteroatoms. The van der Waals surface area contributed by atoms with E-state index in [-0.39, 0.29) is 12.2 Å². The van der Waals surface area contributed by atoms with Crippen molar-refractivity contribution < 1.29 is 4.74 Å². The normalized spacial score (nSPS) is 20.5. The summed E-state index contributed by atoms with van der Waals surface area (Å²) in [6.45, 7) is 0. The van der Waals surface area contributed by atoms with Crippen LogP contribution in [0.15, 0.2) is 84.9 Å². The van der Waals surface area contributed by atoms with E-state index < -0.39 is 0 Å². The molecule has 0 aliphatic carbocycles. The van der Waals surface area contributed by atoms with E-state index in [4.69, 9.17) is 4.74 Å². The minimum atomic E-state index is 0.148. The highest BCUT2D eigenvalue weighted by atomic mass is 32.2. The second kappa shape index (κ2) is 6.79. The molecule has 1 nitrogen and oxygen atoms in total. The molecule has 4 aromatic carbocycles. The van der Waals surface area contributed by atoms with Gasteiger partial charge < -0.3 is 4.74 Å². The number of benzene rings is 4. The molecule has 0 N–H and O–H groups in total. The Kier molecular flexibility index (Phi) is 4.16. The van der Waals surface area contributed by atoms with E-state index >= 15 is 0 Å². The fourth-order valence-corrected chi connectivity index (χ4v) is 4.83. The zero-order valence-electron chi connectivity index (χ0n) is 14.5. The van der Waals surface area contributed by atoms with Gasteiger partial charge in [0.15, 0.2) is 0 Å². The summed E-state index contributed by atoms with van der Waals surface area (Å²) < 4.78 is 6.54. The number of ether oxygens (including phenoxy) is 1. The predicted octanol–water partition coefficient (Wildman–Crippen LogP) is 6.54. The lowest BCUT2D eigenvalue weighted by atomic mass is 10.0. The van der Waals surface area contributed by atoms with Gasteiger partial charge in [-0.15, -0.1) is 0 Å². The fourth-order valence-electron chi connectivity index (χ4n) is 3.72. The first-order valence-electron chi connectivity index (χ1n) is 9.07. The van der Waals surface area contributed by atoms with Crippen LogP contribution in [0.1, 0.15) is 23.3 Å². The molecule has 4 aromatic rings. The summed E-state index contributed by atoms with van der Waals surface area (Å²) in [5, 5.41) is 5.13. The molecule has 0 amide bonds. The minimum absolute atomic E-state index is 0.148. The van der Waals surface area contributed by atoms with Gasteiger partial charge in [0.1, 0.15) is 0 Å². The Balaban J connectivity index is 1.44. The smallest absolute Gasteiger partial charge is 0.0924 e. The average molecular weight is 356 g/mol. The second-order valence-corrected chi connectivity index (χ2v) is 7.94. The van der Waals surface area contributed by atoms with E-state index in [1.54, 1.807) is 0 Å². The van der Waals surface area contributed by atoms with E-state index in [0.717, 1.165) is 11.5 Å². The summed E-state index contributed by atoms with van der Waals surface area (Å²) in [5.41, 5.74) is 2.56. The van der Waals surface area contributed by atoms with Crippen LogP contribution in [0, 0.1) is 0 Å². The van der Waals surface area contributed by atoms with Crippen molar-refractivity contribution in [2.24, 2.45) is 0 Å². The largest absolute Gasteiger partial charge is 0.364 e. The zero-order chi connectivity index (χ0) is 17.3. The Morgan fingerprint density at radius 2 is 1.04 bits per heavy atom. The molecule has 1 aliphatic heterocycles. The highest BCUT2D eigenvalue weighted by molar-refractivity contribution is 7.99. The summed E-state index contributed by atoms with van der Waals surface area (Å²) in [5.74, 6) is 2.03. The summed E-state index contributed by atoms with van der Waals surface area (Å²) in [7, 11) is 0. The highest BCUT2D eigenvalue weighted by Gasteiger charge is 2.25. The lowest BCUT2D eigenvalue weighted by molar-refractivity contribution is 0.00526. The van der Waals surface area contributed by atoms with Crippen molar-refractivity contribution in [3.8, 4) is 0 Å². The summed E-state index contributed by atoms with van der Waals surface area (Å²) in [6.07, 6.45) is 0.296. The van der Waals surface area contributed by atoms with Gasteiger partial charge in [-0.2, -0.15) is 11.8 Å². The van der Waals surface area contributed by atoms with Crippen LogP contribution in [-0.2, 0) is 4.74 Å². The van der Waals surface area contributed by atoms with Gasteiger partial charge in [0.25, 0.3) is 0 Å². The molecule has 0 aromatic heterocycles. The Bertz CT molecular complexity index is 986. The van der Waals surface area contributed by atoms with Gasteiger partial charge in [-0.1, -0.05) is 72.8 Å². The predicted molar refractivity (Wildman–Crippen MR) is 112 cm³/mol. The van der Waals surface area contributed by atoms with Crippen LogP contribution in [0.2, 0.25) is 0 Å². The molecule has 1 saturated heterocycles. The van der Waals surface area contributed by atoms with Crippen LogP contribution in [-0.4, -0.2) is 11.5 Å². The molecule has 1 aliphatic rings. The minimum Gasteiger partial charge on any atom is -0.364 e. The summed E-state index contributed by atoms with van der Waals surface area (Å²) >= 11 is 1.99. The maximum atomic E-state index is 6.54. The van der Waals surface area contributed by atoms with Gasteiger partial charge in [0.2, 0.25) is 0 Å². The molecule has 1 heterocycles. The molecule has 128 valence electrons.